The molecule has 0 heterocycles. The van der Waals surface area contributed by atoms with E-state index in [4.69, 9.17) is 9.47 Å². The predicted octanol–water partition coefficient (Wildman–Crippen LogP) is 5.79. The summed E-state index contributed by atoms with van der Waals surface area (Å²) in [6.45, 7) is 4.52. The molecule has 0 saturated carbocycles. The minimum Gasteiger partial charge on any atom is -0.494 e. The van der Waals surface area contributed by atoms with Crippen LogP contribution in [0.1, 0.15) is 13.3 Å². The van der Waals surface area contributed by atoms with E-state index in [1.807, 2.05) is 78.9 Å². The van der Waals surface area contributed by atoms with E-state index in [2.05, 4.69) is 17.6 Å². The smallest absolute Gasteiger partial charge is 0.127 e. The molecule has 27 heavy (non-hydrogen) atoms. The van der Waals surface area contributed by atoms with E-state index in [1.54, 1.807) is 0 Å². The lowest BCUT2D eigenvalue weighted by Gasteiger charge is -2.11. The Morgan fingerprint density at radius 2 is 1.15 bits per heavy atom. The summed E-state index contributed by atoms with van der Waals surface area (Å²) in [7, 11) is 0. The van der Waals surface area contributed by atoms with Crippen molar-refractivity contribution in [2.75, 3.05) is 30.3 Å². The minimum absolute atomic E-state index is 0.756. The lowest BCUT2D eigenvalue weighted by Crippen LogP contribution is -2.13. The first kappa shape index (κ1) is 18.6. The topological polar surface area (TPSA) is 42.5 Å². The van der Waals surface area contributed by atoms with E-state index in [0.29, 0.717) is 0 Å². The fraction of sp³-hybridized carbons (Fsp3) is 0.217. The summed E-state index contributed by atoms with van der Waals surface area (Å²) >= 11 is 0. The Kier molecular flexibility index (Phi) is 6.99. The van der Waals surface area contributed by atoms with Gasteiger partial charge in [0.25, 0.3) is 0 Å². The van der Waals surface area contributed by atoms with Crippen LogP contribution < -0.4 is 20.1 Å². The van der Waals surface area contributed by atoms with Crippen molar-refractivity contribution in [3.63, 3.8) is 0 Å². The molecular formula is C23H26N2O2. The molecule has 0 aliphatic carbocycles. The van der Waals surface area contributed by atoms with Gasteiger partial charge in [-0.25, -0.2) is 0 Å². The van der Waals surface area contributed by atoms with Crippen LogP contribution >= 0.6 is 0 Å². The molecule has 0 amide bonds. The van der Waals surface area contributed by atoms with Crippen LogP contribution in [0.2, 0.25) is 0 Å². The van der Waals surface area contributed by atoms with Crippen LogP contribution in [0.25, 0.3) is 0 Å². The summed E-state index contributed by atoms with van der Waals surface area (Å²) in [4.78, 5) is 0. The highest BCUT2D eigenvalue weighted by molar-refractivity contribution is 5.49. The van der Waals surface area contributed by atoms with E-state index >= 15 is 0 Å². The Morgan fingerprint density at radius 1 is 0.630 bits per heavy atom. The van der Waals surface area contributed by atoms with Gasteiger partial charge in [-0.15, -0.1) is 0 Å². The molecule has 0 atom stereocenters. The highest BCUT2D eigenvalue weighted by Crippen LogP contribution is 2.22. The molecule has 0 aromatic heterocycles. The van der Waals surface area contributed by atoms with Gasteiger partial charge in [0.05, 0.1) is 6.61 Å². The van der Waals surface area contributed by atoms with Crippen LogP contribution in [0.3, 0.4) is 0 Å². The van der Waals surface area contributed by atoms with E-state index in [-0.39, 0.29) is 0 Å². The molecule has 0 aliphatic heterocycles. The zero-order chi connectivity index (χ0) is 18.7. The van der Waals surface area contributed by atoms with E-state index in [9.17, 15) is 0 Å². The zero-order valence-corrected chi connectivity index (χ0v) is 15.7. The fourth-order valence-corrected chi connectivity index (χ4v) is 2.57. The van der Waals surface area contributed by atoms with Gasteiger partial charge in [-0.3, -0.25) is 0 Å². The third-order valence-corrected chi connectivity index (χ3v) is 3.94. The SMILES string of the molecule is CCCOc1ccc(NCCNc2ccc(Oc3ccccc3)cc2)cc1. The third-order valence-electron chi connectivity index (χ3n) is 3.94. The van der Waals surface area contributed by atoms with Crippen molar-refractivity contribution in [1.29, 1.82) is 0 Å². The molecule has 0 fully saturated rings. The molecular weight excluding hydrogens is 336 g/mol. The Labute approximate surface area is 161 Å². The number of benzene rings is 3. The molecule has 3 aromatic rings. The second-order valence-electron chi connectivity index (χ2n) is 6.17. The van der Waals surface area contributed by atoms with Crippen LogP contribution in [0, 0.1) is 0 Å². The quantitative estimate of drug-likeness (QED) is 0.448. The molecule has 0 radical (unpaired) electrons. The molecule has 0 bridgehead atoms. The van der Waals surface area contributed by atoms with Gasteiger partial charge in [-0.2, -0.15) is 0 Å². The molecule has 0 saturated heterocycles. The normalized spacial score (nSPS) is 10.3. The number of nitrogens with one attached hydrogen (secondary N) is 2. The highest BCUT2D eigenvalue weighted by atomic mass is 16.5. The van der Waals surface area contributed by atoms with E-state index in [0.717, 1.165) is 54.7 Å². The number of para-hydroxylation sites is 1. The Bertz CT molecular complexity index is 787. The molecule has 0 unspecified atom stereocenters. The molecule has 140 valence electrons. The maximum atomic E-state index is 5.80. The van der Waals surface area contributed by atoms with E-state index in [1.165, 1.54) is 0 Å². The van der Waals surface area contributed by atoms with Crippen molar-refractivity contribution < 1.29 is 9.47 Å². The lowest BCUT2D eigenvalue weighted by atomic mass is 10.3. The van der Waals surface area contributed by atoms with Gasteiger partial charge in [0.1, 0.15) is 17.2 Å². The van der Waals surface area contributed by atoms with Crippen LogP contribution in [-0.2, 0) is 0 Å². The molecule has 3 aromatic carbocycles. The molecule has 0 aliphatic rings. The average molecular weight is 362 g/mol. The van der Waals surface area contributed by atoms with Gasteiger partial charge < -0.3 is 20.1 Å². The summed E-state index contributed by atoms with van der Waals surface area (Å²) < 4.78 is 11.4. The fourth-order valence-electron chi connectivity index (χ4n) is 2.57. The molecule has 4 heteroatoms. The number of anilines is 2. The Hall–Kier alpha value is -3.14. The lowest BCUT2D eigenvalue weighted by molar-refractivity contribution is 0.317. The largest absolute Gasteiger partial charge is 0.494 e. The van der Waals surface area contributed by atoms with Gasteiger partial charge >= 0.3 is 0 Å². The van der Waals surface area contributed by atoms with Crippen LogP contribution in [0.4, 0.5) is 11.4 Å². The van der Waals surface area contributed by atoms with Crippen LogP contribution in [-0.4, -0.2) is 19.7 Å². The minimum atomic E-state index is 0.756. The summed E-state index contributed by atoms with van der Waals surface area (Å²) in [6.07, 6.45) is 1.02. The maximum Gasteiger partial charge on any atom is 0.127 e. The first-order valence-corrected chi connectivity index (χ1v) is 9.37. The van der Waals surface area contributed by atoms with Crippen LogP contribution in [0.15, 0.2) is 78.9 Å². The van der Waals surface area contributed by atoms with Crippen molar-refractivity contribution in [1.82, 2.24) is 0 Å². The summed E-state index contributed by atoms with van der Waals surface area (Å²) in [6, 6.07) is 25.9. The number of rotatable bonds is 10. The first-order valence-electron chi connectivity index (χ1n) is 9.37. The van der Waals surface area contributed by atoms with Crippen molar-refractivity contribution in [3.05, 3.63) is 78.9 Å². The molecule has 2 N–H and O–H groups in total. The van der Waals surface area contributed by atoms with Gasteiger partial charge in [-0.1, -0.05) is 25.1 Å². The van der Waals surface area contributed by atoms with Gasteiger partial charge in [-0.05, 0) is 67.1 Å². The number of ether oxygens (including phenoxy) is 2. The number of hydrogen-bond donors (Lipinski definition) is 2. The second-order valence-corrected chi connectivity index (χ2v) is 6.17. The molecule has 3 rings (SSSR count). The second kappa shape index (κ2) is 10.1. The predicted molar refractivity (Wildman–Crippen MR) is 112 cm³/mol. The standard InChI is InChI=1S/C23H26N2O2/c1-2-18-26-21-12-8-19(9-13-21)24-16-17-25-20-10-14-23(15-11-20)27-22-6-4-3-5-7-22/h3-15,24-25H,2,16-18H2,1H3. The maximum absolute atomic E-state index is 5.80. The molecule has 4 nitrogen and oxygen atoms in total. The van der Waals surface area contributed by atoms with Gasteiger partial charge in [0.2, 0.25) is 0 Å². The average Bonchev–Trinajstić information content (AvgIpc) is 2.72. The van der Waals surface area contributed by atoms with Crippen molar-refractivity contribution in [2.45, 2.75) is 13.3 Å². The van der Waals surface area contributed by atoms with Gasteiger partial charge in [0, 0.05) is 24.5 Å². The first-order chi connectivity index (χ1) is 13.3. The van der Waals surface area contributed by atoms with Crippen LogP contribution in [0.5, 0.6) is 17.2 Å². The summed E-state index contributed by atoms with van der Waals surface area (Å²) in [5.74, 6) is 2.59. The number of hydrogen-bond acceptors (Lipinski definition) is 4. The Balaban J connectivity index is 1.39. The van der Waals surface area contributed by atoms with E-state index < -0.39 is 0 Å². The monoisotopic (exact) mass is 362 g/mol. The van der Waals surface area contributed by atoms with Crippen molar-refractivity contribution in [3.8, 4) is 17.2 Å². The van der Waals surface area contributed by atoms with Gasteiger partial charge in [0.15, 0.2) is 0 Å². The third kappa shape index (κ3) is 6.26. The highest BCUT2D eigenvalue weighted by Gasteiger charge is 1.98. The van der Waals surface area contributed by atoms with Crippen molar-refractivity contribution in [2.24, 2.45) is 0 Å². The van der Waals surface area contributed by atoms with Crippen molar-refractivity contribution >= 4 is 11.4 Å². The summed E-state index contributed by atoms with van der Waals surface area (Å²) in [5, 5.41) is 6.80. The molecule has 0 spiro atoms. The summed E-state index contributed by atoms with van der Waals surface area (Å²) in [5.41, 5.74) is 2.16. The Morgan fingerprint density at radius 3 is 1.70 bits per heavy atom. The zero-order valence-electron chi connectivity index (χ0n) is 15.7.